The van der Waals surface area contributed by atoms with Crippen molar-refractivity contribution in [2.75, 3.05) is 52.5 Å². The molecule has 2 heterocycles. The summed E-state index contributed by atoms with van der Waals surface area (Å²) in [5.74, 6) is -0.0972. The number of amides is 2. The van der Waals surface area contributed by atoms with Gasteiger partial charge in [-0.25, -0.2) is 0 Å². The number of aliphatic hydroxyl groups excluding tert-OH is 2. The summed E-state index contributed by atoms with van der Waals surface area (Å²) < 4.78 is 11.6. The van der Waals surface area contributed by atoms with Crippen molar-refractivity contribution in [1.29, 1.82) is 0 Å². The molecule has 2 aliphatic heterocycles. The Hall–Kier alpha value is -2.46. The lowest BCUT2D eigenvalue weighted by molar-refractivity contribution is -0.144. The number of fused-ring (bicyclic) bond motifs is 3. The van der Waals surface area contributed by atoms with E-state index >= 15 is 0 Å². The molecule has 4 aliphatic rings. The summed E-state index contributed by atoms with van der Waals surface area (Å²) in [6, 6.07) is 6.84. The number of carbonyl (C=O) groups is 2. The summed E-state index contributed by atoms with van der Waals surface area (Å²) in [6.07, 6.45) is 2.87. The molecular formula is C26H35N3O6. The first-order valence-electron chi connectivity index (χ1n) is 12.7. The minimum atomic E-state index is -0.976. The van der Waals surface area contributed by atoms with Gasteiger partial charge in [-0.05, 0) is 25.0 Å². The molecule has 1 saturated heterocycles. The van der Waals surface area contributed by atoms with Crippen LogP contribution in [0.3, 0.4) is 0 Å². The summed E-state index contributed by atoms with van der Waals surface area (Å²) in [6.45, 7) is 4.08. The van der Waals surface area contributed by atoms with E-state index in [0.717, 1.165) is 37.9 Å². The summed E-state index contributed by atoms with van der Waals surface area (Å²) >= 11 is 0. The van der Waals surface area contributed by atoms with Gasteiger partial charge in [0.1, 0.15) is 18.0 Å². The third-order valence-electron chi connectivity index (χ3n) is 7.74. The second-order valence-corrected chi connectivity index (χ2v) is 9.79. The van der Waals surface area contributed by atoms with E-state index in [4.69, 9.17) is 9.47 Å². The van der Waals surface area contributed by atoms with Gasteiger partial charge in [-0.2, -0.15) is 0 Å². The summed E-state index contributed by atoms with van der Waals surface area (Å²) in [4.78, 5) is 30.8. The second kappa shape index (κ2) is 10.7. The number of carbonyl (C=O) groups excluding carboxylic acids is 2. The highest BCUT2D eigenvalue weighted by atomic mass is 16.5. The van der Waals surface area contributed by atoms with Crippen LogP contribution in [0.15, 0.2) is 35.9 Å². The van der Waals surface area contributed by atoms with Gasteiger partial charge >= 0.3 is 0 Å². The predicted octanol–water partition coefficient (Wildman–Crippen LogP) is 0.270. The Bertz CT molecular complexity index is 958. The molecule has 9 nitrogen and oxygen atoms in total. The number of benzene rings is 1. The van der Waals surface area contributed by atoms with Crippen LogP contribution < -0.4 is 10.1 Å². The van der Waals surface area contributed by atoms with Crippen molar-refractivity contribution in [2.24, 2.45) is 5.92 Å². The van der Waals surface area contributed by atoms with E-state index in [2.05, 4.69) is 10.2 Å². The maximum Gasteiger partial charge on any atom is 0.247 e. The molecule has 2 amide bonds. The number of morpholine rings is 1. The first-order valence-corrected chi connectivity index (χ1v) is 12.7. The summed E-state index contributed by atoms with van der Waals surface area (Å²) in [5, 5.41) is 23.5. The van der Waals surface area contributed by atoms with Crippen LogP contribution in [0.4, 0.5) is 0 Å². The zero-order valence-corrected chi connectivity index (χ0v) is 20.0. The smallest absolute Gasteiger partial charge is 0.247 e. The maximum atomic E-state index is 13.6. The van der Waals surface area contributed by atoms with Crippen LogP contribution in [0.1, 0.15) is 30.7 Å². The highest BCUT2D eigenvalue weighted by molar-refractivity contribution is 5.96. The fourth-order valence-corrected chi connectivity index (χ4v) is 5.56. The minimum absolute atomic E-state index is 0.0358. The number of hydrogen-bond acceptors (Lipinski definition) is 7. The fourth-order valence-electron chi connectivity index (χ4n) is 5.56. The van der Waals surface area contributed by atoms with Crippen molar-refractivity contribution in [3.63, 3.8) is 0 Å². The number of ether oxygens (including phenoxy) is 2. The molecule has 2 fully saturated rings. The molecule has 5 rings (SSSR count). The molecule has 0 unspecified atom stereocenters. The fraction of sp³-hybridized carbons (Fsp3) is 0.615. The van der Waals surface area contributed by atoms with Crippen LogP contribution >= 0.6 is 0 Å². The van der Waals surface area contributed by atoms with Gasteiger partial charge in [0.05, 0.1) is 31.8 Å². The number of nitrogens with one attached hydrogen (secondary N) is 1. The predicted molar refractivity (Wildman–Crippen MR) is 128 cm³/mol. The van der Waals surface area contributed by atoms with Crippen molar-refractivity contribution >= 4 is 11.8 Å². The molecule has 1 saturated carbocycles. The van der Waals surface area contributed by atoms with Crippen molar-refractivity contribution in [2.45, 2.75) is 43.4 Å². The highest BCUT2D eigenvalue weighted by Crippen LogP contribution is 2.47. The first kappa shape index (κ1) is 24.2. The highest BCUT2D eigenvalue weighted by Gasteiger charge is 2.51. The van der Waals surface area contributed by atoms with Gasteiger partial charge in [-0.15, -0.1) is 0 Å². The summed E-state index contributed by atoms with van der Waals surface area (Å²) in [5.41, 5.74) is 1.33. The Kier molecular flexibility index (Phi) is 7.38. The van der Waals surface area contributed by atoms with Crippen LogP contribution in [0, 0.1) is 5.92 Å². The maximum absolute atomic E-state index is 13.6. The average molecular weight is 486 g/mol. The molecule has 1 aromatic rings. The van der Waals surface area contributed by atoms with Crippen LogP contribution in [0.2, 0.25) is 0 Å². The third kappa shape index (κ3) is 4.82. The van der Waals surface area contributed by atoms with Gasteiger partial charge in [-0.3, -0.25) is 14.5 Å². The van der Waals surface area contributed by atoms with E-state index in [1.54, 1.807) is 11.0 Å². The zero-order chi connectivity index (χ0) is 24.4. The van der Waals surface area contributed by atoms with E-state index in [-0.39, 0.29) is 30.9 Å². The Balaban J connectivity index is 1.46. The Labute approximate surface area is 205 Å². The lowest BCUT2D eigenvalue weighted by Crippen LogP contribution is -2.58. The van der Waals surface area contributed by atoms with Crippen LogP contribution in [-0.2, 0) is 14.3 Å². The zero-order valence-electron chi connectivity index (χ0n) is 20.0. The second-order valence-electron chi connectivity index (χ2n) is 9.79. The Morgan fingerprint density at radius 2 is 1.94 bits per heavy atom. The molecule has 3 N–H and O–H groups in total. The molecule has 0 bridgehead atoms. The van der Waals surface area contributed by atoms with E-state index in [0.29, 0.717) is 37.6 Å². The molecule has 190 valence electrons. The van der Waals surface area contributed by atoms with Crippen molar-refractivity contribution in [3.8, 4) is 5.75 Å². The van der Waals surface area contributed by atoms with Gasteiger partial charge in [-0.1, -0.05) is 24.6 Å². The largest absolute Gasteiger partial charge is 0.486 e. The normalized spacial score (nSPS) is 28.2. The number of hydrogen-bond donors (Lipinski definition) is 3. The van der Waals surface area contributed by atoms with Crippen molar-refractivity contribution in [1.82, 2.24) is 15.1 Å². The van der Waals surface area contributed by atoms with Crippen molar-refractivity contribution < 1.29 is 29.3 Å². The van der Waals surface area contributed by atoms with Crippen LogP contribution in [-0.4, -0.2) is 103 Å². The van der Waals surface area contributed by atoms with Crippen LogP contribution in [0.25, 0.3) is 0 Å². The molecule has 0 aromatic heterocycles. The van der Waals surface area contributed by atoms with Gasteiger partial charge in [0.2, 0.25) is 11.8 Å². The number of aliphatic hydroxyl groups is 2. The van der Waals surface area contributed by atoms with E-state index in [1.165, 1.54) is 0 Å². The van der Waals surface area contributed by atoms with Crippen LogP contribution in [0.5, 0.6) is 5.75 Å². The third-order valence-corrected chi connectivity index (χ3v) is 7.74. The first-order chi connectivity index (χ1) is 17.1. The standard InChI is InChI=1S/C26H35N3O6/c30-13-8-27-25(32)19-16-20(23(31)24-22(19)18-6-1-2-7-21(18)35-24)29(26(33)17-4-3-5-17)10-9-28-11-14-34-15-12-28/h1-2,6-7,16-17,20,22-24,30-31H,3-5,8-15H2,(H,27,32)/t20-,22+,23+,24+/m1/s1. The summed E-state index contributed by atoms with van der Waals surface area (Å²) in [7, 11) is 0. The van der Waals surface area contributed by atoms with Gasteiger partial charge in [0.25, 0.3) is 0 Å². The number of rotatable bonds is 8. The molecule has 35 heavy (non-hydrogen) atoms. The monoisotopic (exact) mass is 485 g/mol. The van der Waals surface area contributed by atoms with Crippen molar-refractivity contribution in [3.05, 3.63) is 41.5 Å². The topological polar surface area (TPSA) is 112 Å². The molecule has 0 spiro atoms. The molecule has 4 atom stereocenters. The molecule has 0 radical (unpaired) electrons. The molecule has 1 aromatic carbocycles. The van der Waals surface area contributed by atoms with Gasteiger partial charge in [0.15, 0.2) is 0 Å². The lowest BCUT2D eigenvalue weighted by Gasteiger charge is -2.43. The lowest BCUT2D eigenvalue weighted by atomic mass is 9.76. The van der Waals surface area contributed by atoms with E-state index < -0.39 is 24.2 Å². The molecule has 9 heteroatoms. The van der Waals surface area contributed by atoms with Gasteiger partial charge in [0, 0.05) is 49.8 Å². The SMILES string of the molecule is O=C(NCCO)C1=C[C@@H](N(CCN2CCOCC2)C(=O)C2CCC2)[C@H](O)[C@H]2Oc3ccccc3[C@@H]12. The number of nitrogens with zero attached hydrogens (tertiary/aromatic N) is 2. The van der Waals surface area contributed by atoms with E-state index in [1.807, 2.05) is 24.3 Å². The quantitative estimate of drug-likeness (QED) is 0.485. The van der Waals surface area contributed by atoms with Gasteiger partial charge < -0.3 is 29.9 Å². The Morgan fingerprint density at radius 1 is 1.17 bits per heavy atom. The molecule has 2 aliphatic carbocycles. The number of para-hydroxylation sites is 1. The van der Waals surface area contributed by atoms with E-state index in [9.17, 15) is 19.8 Å². The Morgan fingerprint density at radius 3 is 2.66 bits per heavy atom. The minimum Gasteiger partial charge on any atom is -0.486 e. The average Bonchev–Trinajstić information content (AvgIpc) is 3.23. The molecular weight excluding hydrogens is 450 g/mol.